The number of hydrogen-bond acceptors (Lipinski definition) is 3. The molecular formula is C45H30N2O. The number of rotatable bonds is 2. The summed E-state index contributed by atoms with van der Waals surface area (Å²) in [6, 6.07) is 56.2. The predicted molar refractivity (Wildman–Crippen MR) is 199 cm³/mol. The molecule has 0 fully saturated rings. The number of anilines is 2. The number of nitrogen functional groups attached to an aromatic ring is 2. The van der Waals surface area contributed by atoms with Gasteiger partial charge in [-0.15, -0.1) is 0 Å². The van der Waals surface area contributed by atoms with E-state index < -0.39 is 5.41 Å². The summed E-state index contributed by atoms with van der Waals surface area (Å²) in [5.74, 6) is 1.80. The van der Waals surface area contributed by atoms with Gasteiger partial charge >= 0.3 is 0 Å². The maximum atomic E-state index is 7.15. The minimum Gasteiger partial charge on any atom is -0.455 e. The lowest BCUT2D eigenvalue weighted by molar-refractivity contribution is 0.447. The van der Waals surface area contributed by atoms with Crippen molar-refractivity contribution >= 4 is 32.9 Å². The van der Waals surface area contributed by atoms with Crippen molar-refractivity contribution < 1.29 is 4.74 Å². The molecule has 226 valence electrons. The van der Waals surface area contributed by atoms with Crippen LogP contribution in [0.1, 0.15) is 22.3 Å². The first-order chi connectivity index (χ1) is 23.6. The lowest BCUT2D eigenvalue weighted by atomic mass is 9.65. The number of hydrogen-bond donors (Lipinski definition) is 2. The van der Waals surface area contributed by atoms with E-state index in [1.54, 1.807) is 0 Å². The van der Waals surface area contributed by atoms with Crippen molar-refractivity contribution in [1.82, 2.24) is 0 Å². The third-order valence-corrected chi connectivity index (χ3v) is 10.3. The Morgan fingerprint density at radius 3 is 1.31 bits per heavy atom. The molecular weight excluding hydrogens is 585 g/mol. The molecule has 8 aromatic carbocycles. The molecule has 48 heavy (non-hydrogen) atoms. The molecule has 1 aliphatic carbocycles. The van der Waals surface area contributed by atoms with Gasteiger partial charge in [0.05, 0.1) is 5.41 Å². The highest BCUT2D eigenvalue weighted by atomic mass is 16.5. The van der Waals surface area contributed by atoms with Crippen LogP contribution in [0.5, 0.6) is 11.5 Å². The average molecular weight is 615 g/mol. The van der Waals surface area contributed by atoms with Gasteiger partial charge in [-0.1, -0.05) is 121 Å². The van der Waals surface area contributed by atoms with Crippen molar-refractivity contribution in [2.24, 2.45) is 0 Å². The van der Waals surface area contributed by atoms with Gasteiger partial charge in [-0.3, -0.25) is 0 Å². The van der Waals surface area contributed by atoms with Crippen molar-refractivity contribution in [2.75, 3.05) is 11.5 Å². The molecule has 0 atom stereocenters. The van der Waals surface area contributed by atoms with E-state index in [2.05, 4.69) is 133 Å². The van der Waals surface area contributed by atoms with E-state index in [0.717, 1.165) is 77.8 Å². The first-order valence-electron chi connectivity index (χ1n) is 16.3. The molecule has 0 bridgehead atoms. The number of benzene rings is 8. The summed E-state index contributed by atoms with van der Waals surface area (Å²) in [7, 11) is 0. The van der Waals surface area contributed by atoms with Crippen molar-refractivity contribution in [3.8, 4) is 44.9 Å². The molecule has 0 unspecified atom stereocenters. The quantitative estimate of drug-likeness (QED) is 0.190. The second-order valence-electron chi connectivity index (χ2n) is 13.0. The summed E-state index contributed by atoms with van der Waals surface area (Å²) in [4.78, 5) is 0. The Morgan fingerprint density at radius 2 is 0.833 bits per heavy atom. The smallest absolute Gasteiger partial charge is 0.140 e. The highest BCUT2D eigenvalue weighted by Crippen LogP contribution is 2.64. The summed E-state index contributed by atoms with van der Waals surface area (Å²) in [6.07, 6.45) is 0. The van der Waals surface area contributed by atoms with E-state index >= 15 is 0 Å². The molecule has 0 saturated carbocycles. The Kier molecular flexibility index (Phi) is 5.51. The van der Waals surface area contributed by atoms with Gasteiger partial charge in [-0.25, -0.2) is 0 Å². The molecule has 1 spiro atoms. The first-order valence-corrected chi connectivity index (χ1v) is 16.3. The van der Waals surface area contributed by atoms with Crippen LogP contribution in [0.15, 0.2) is 158 Å². The summed E-state index contributed by atoms with van der Waals surface area (Å²) in [6.45, 7) is 0. The molecule has 10 rings (SSSR count). The van der Waals surface area contributed by atoms with Crippen molar-refractivity contribution in [3.05, 3.63) is 180 Å². The number of fused-ring (bicyclic) bond motifs is 13. The Bertz CT molecular complexity index is 2450. The fraction of sp³-hybridized carbons (Fsp3) is 0.0222. The van der Waals surface area contributed by atoms with E-state index in [1.807, 2.05) is 24.3 Å². The van der Waals surface area contributed by atoms with E-state index in [1.165, 1.54) is 22.3 Å². The van der Waals surface area contributed by atoms with Crippen LogP contribution in [-0.2, 0) is 5.41 Å². The predicted octanol–water partition coefficient (Wildman–Crippen LogP) is 11.0. The van der Waals surface area contributed by atoms with Crippen LogP contribution in [0, 0.1) is 0 Å². The zero-order valence-electron chi connectivity index (χ0n) is 26.1. The molecule has 1 aliphatic heterocycles. The van der Waals surface area contributed by atoms with Gasteiger partial charge < -0.3 is 16.2 Å². The highest BCUT2D eigenvalue weighted by Gasteiger charge is 2.52. The number of ether oxygens (including phenoxy) is 1. The van der Waals surface area contributed by atoms with Gasteiger partial charge in [0.1, 0.15) is 11.5 Å². The molecule has 4 N–H and O–H groups in total. The summed E-state index contributed by atoms with van der Waals surface area (Å²) < 4.78 is 7.15. The zero-order chi connectivity index (χ0) is 32.0. The Morgan fingerprint density at radius 1 is 0.375 bits per heavy atom. The first kappa shape index (κ1) is 26.9. The van der Waals surface area contributed by atoms with Crippen LogP contribution in [0.2, 0.25) is 0 Å². The van der Waals surface area contributed by atoms with Crippen molar-refractivity contribution in [3.63, 3.8) is 0 Å². The maximum Gasteiger partial charge on any atom is 0.140 e. The van der Waals surface area contributed by atoms with E-state index in [0.29, 0.717) is 0 Å². The third kappa shape index (κ3) is 3.64. The summed E-state index contributed by atoms with van der Waals surface area (Å²) >= 11 is 0. The molecule has 0 radical (unpaired) electrons. The highest BCUT2D eigenvalue weighted by molar-refractivity contribution is 6.00. The van der Waals surface area contributed by atoms with Gasteiger partial charge in [0.25, 0.3) is 0 Å². The van der Waals surface area contributed by atoms with Gasteiger partial charge in [0.15, 0.2) is 0 Å². The molecule has 8 aromatic rings. The normalized spacial score (nSPS) is 13.5. The molecule has 1 heterocycles. The van der Waals surface area contributed by atoms with Gasteiger partial charge in [0.2, 0.25) is 0 Å². The average Bonchev–Trinajstić information content (AvgIpc) is 3.41. The lowest BCUT2D eigenvalue weighted by Crippen LogP contribution is -2.32. The SMILES string of the molecule is Nc1cccc(-c2ccc3c(c2)C2(c4cc(-c5cccc(N)c5)ccc4-3)c3ccc4ccccc4c3Oc3c2ccc2ccccc32)c1. The zero-order valence-corrected chi connectivity index (χ0v) is 26.1. The van der Waals surface area contributed by atoms with Crippen LogP contribution in [0.25, 0.3) is 54.9 Å². The fourth-order valence-electron chi connectivity index (χ4n) is 8.24. The topological polar surface area (TPSA) is 61.3 Å². The number of nitrogens with two attached hydrogens (primary N) is 2. The van der Waals surface area contributed by atoms with Gasteiger partial charge in [0, 0.05) is 33.3 Å². The molecule has 0 amide bonds. The maximum absolute atomic E-state index is 7.15. The molecule has 3 nitrogen and oxygen atoms in total. The van der Waals surface area contributed by atoms with E-state index in [9.17, 15) is 0 Å². The molecule has 0 aromatic heterocycles. The van der Waals surface area contributed by atoms with Crippen molar-refractivity contribution in [2.45, 2.75) is 5.41 Å². The lowest BCUT2D eigenvalue weighted by Gasteiger charge is -2.40. The van der Waals surface area contributed by atoms with E-state index in [-0.39, 0.29) is 0 Å². The van der Waals surface area contributed by atoms with Crippen LogP contribution < -0.4 is 16.2 Å². The Labute approximate surface area is 278 Å². The van der Waals surface area contributed by atoms with Crippen LogP contribution in [0.3, 0.4) is 0 Å². The summed E-state index contributed by atoms with van der Waals surface area (Å²) in [5, 5.41) is 4.50. The van der Waals surface area contributed by atoms with Gasteiger partial charge in [-0.05, 0) is 91.7 Å². The Balaban J connectivity index is 1.38. The van der Waals surface area contributed by atoms with Crippen molar-refractivity contribution in [1.29, 1.82) is 0 Å². The molecule has 0 saturated heterocycles. The minimum atomic E-state index is -0.658. The van der Waals surface area contributed by atoms with Crippen LogP contribution >= 0.6 is 0 Å². The monoisotopic (exact) mass is 614 g/mol. The summed E-state index contributed by atoms with van der Waals surface area (Å²) in [5.41, 5.74) is 25.1. The largest absolute Gasteiger partial charge is 0.455 e. The van der Waals surface area contributed by atoms with Crippen LogP contribution in [0.4, 0.5) is 11.4 Å². The fourth-order valence-corrected chi connectivity index (χ4v) is 8.24. The minimum absolute atomic E-state index is 0.658. The standard InChI is InChI=1S/C45H30N2O/c46-33-11-5-9-29(23-33)31-15-19-37-38-20-16-32(30-10-6-12-34(47)24-30)26-42(38)45(41(37)25-31)39-21-17-27-7-1-3-13-35(27)43(39)48-44-36-14-4-2-8-28(36)18-22-40(44)45/h1-26H,46-47H2. The van der Waals surface area contributed by atoms with Crippen LogP contribution in [-0.4, -0.2) is 0 Å². The third-order valence-electron chi connectivity index (χ3n) is 10.3. The van der Waals surface area contributed by atoms with E-state index in [4.69, 9.17) is 16.2 Å². The Hall–Kier alpha value is -6.32. The van der Waals surface area contributed by atoms with Gasteiger partial charge in [-0.2, -0.15) is 0 Å². The second-order valence-corrected chi connectivity index (χ2v) is 13.0. The molecule has 3 heteroatoms. The molecule has 2 aliphatic rings. The second kappa shape index (κ2) is 9.84.